The summed E-state index contributed by atoms with van der Waals surface area (Å²) >= 11 is 2.13. The summed E-state index contributed by atoms with van der Waals surface area (Å²) < 4.78 is 6.42. The summed E-state index contributed by atoms with van der Waals surface area (Å²) in [6.45, 7) is 4.57. The van der Waals surface area contributed by atoms with Gasteiger partial charge in [0.15, 0.2) is 0 Å². The quantitative estimate of drug-likeness (QED) is 0.868. The van der Waals surface area contributed by atoms with Crippen LogP contribution < -0.4 is 4.74 Å². The lowest BCUT2D eigenvalue weighted by Crippen LogP contribution is -2.08. The first-order valence-corrected chi connectivity index (χ1v) is 5.74. The minimum atomic E-state index is -0.954. The minimum Gasteiger partial charge on any atom is -0.492 e. The van der Waals surface area contributed by atoms with Crippen molar-refractivity contribution in [1.29, 1.82) is 0 Å². The Labute approximate surface area is 103 Å². The lowest BCUT2D eigenvalue weighted by Gasteiger charge is -2.11. The van der Waals surface area contributed by atoms with Crippen LogP contribution in [0.4, 0.5) is 0 Å². The zero-order valence-corrected chi connectivity index (χ0v) is 10.8. The molecule has 0 atom stereocenters. The standard InChI is InChI=1S/C11H13IO3/c1-7(2)6-15-10-5-8(12)3-4-9(10)11(13)14/h3-5,7H,6H2,1-2H3,(H,13,14). The van der Waals surface area contributed by atoms with Gasteiger partial charge in [0.05, 0.1) is 6.61 Å². The highest BCUT2D eigenvalue weighted by molar-refractivity contribution is 14.1. The van der Waals surface area contributed by atoms with Crippen molar-refractivity contribution < 1.29 is 14.6 Å². The van der Waals surface area contributed by atoms with E-state index in [9.17, 15) is 4.79 Å². The van der Waals surface area contributed by atoms with Gasteiger partial charge in [0.1, 0.15) is 11.3 Å². The van der Waals surface area contributed by atoms with Gasteiger partial charge in [0, 0.05) is 3.57 Å². The molecule has 3 nitrogen and oxygen atoms in total. The predicted octanol–water partition coefficient (Wildman–Crippen LogP) is 3.02. The van der Waals surface area contributed by atoms with Crippen molar-refractivity contribution in [3.8, 4) is 5.75 Å². The predicted molar refractivity (Wildman–Crippen MR) is 66.5 cm³/mol. The van der Waals surface area contributed by atoms with E-state index < -0.39 is 5.97 Å². The van der Waals surface area contributed by atoms with E-state index in [1.807, 2.05) is 13.8 Å². The van der Waals surface area contributed by atoms with E-state index in [0.717, 1.165) is 3.57 Å². The average molecular weight is 320 g/mol. The molecule has 0 saturated heterocycles. The molecule has 0 amide bonds. The van der Waals surface area contributed by atoms with Crippen LogP contribution >= 0.6 is 22.6 Å². The van der Waals surface area contributed by atoms with Crippen LogP contribution in [0.3, 0.4) is 0 Å². The molecule has 0 radical (unpaired) electrons. The lowest BCUT2D eigenvalue weighted by atomic mass is 10.2. The van der Waals surface area contributed by atoms with E-state index in [1.54, 1.807) is 18.2 Å². The molecule has 0 fully saturated rings. The van der Waals surface area contributed by atoms with Gasteiger partial charge in [-0.05, 0) is 46.7 Å². The Hall–Kier alpha value is -0.780. The van der Waals surface area contributed by atoms with Gasteiger partial charge >= 0.3 is 5.97 Å². The largest absolute Gasteiger partial charge is 0.492 e. The first-order valence-electron chi connectivity index (χ1n) is 4.66. The molecule has 0 aliphatic carbocycles. The van der Waals surface area contributed by atoms with E-state index in [-0.39, 0.29) is 5.56 Å². The van der Waals surface area contributed by atoms with Crippen molar-refractivity contribution in [3.63, 3.8) is 0 Å². The highest BCUT2D eigenvalue weighted by Gasteiger charge is 2.11. The summed E-state index contributed by atoms with van der Waals surface area (Å²) in [5.41, 5.74) is 0.219. The van der Waals surface area contributed by atoms with Gasteiger partial charge in [-0.1, -0.05) is 13.8 Å². The SMILES string of the molecule is CC(C)COc1cc(I)ccc1C(=O)O. The van der Waals surface area contributed by atoms with Gasteiger partial charge < -0.3 is 9.84 Å². The zero-order chi connectivity index (χ0) is 11.4. The highest BCUT2D eigenvalue weighted by Crippen LogP contribution is 2.22. The number of benzene rings is 1. The molecule has 0 aliphatic rings. The summed E-state index contributed by atoms with van der Waals surface area (Å²) in [7, 11) is 0. The molecule has 0 aromatic heterocycles. The molecule has 0 unspecified atom stereocenters. The molecule has 0 spiro atoms. The second-order valence-corrected chi connectivity index (χ2v) is 4.90. The minimum absolute atomic E-state index is 0.219. The van der Waals surface area contributed by atoms with Crippen LogP contribution in [0.5, 0.6) is 5.75 Å². The number of ether oxygens (including phenoxy) is 1. The van der Waals surface area contributed by atoms with Crippen molar-refractivity contribution in [2.24, 2.45) is 5.92 Å². The molecular formula is C11H13IO3. The summed E-state index contributed by atoms with van der Waals surface area (Å²) in [4.78, 5) is 10.9. The molecule has 1 rings (SSSR count). The number of aromatic carboxylic acids is 1. The Balaban J connectivity index is 2.92. The maximum absolute atomic E-state index is 10.9. The summed E-state index contributed by atoms with van der Waals surface area (Å²) in [5, 5.41) is 8.94. The van der Waals surface area contributed by atoms with Crippen molar-refractivity contribution in [2.75, 3.05) is 6.61 Å². The van der Waals surface area contributed by atoms with E-state index in [2.05, 4.69) is 22.6 Å². The maximum atomic E-state index is 10.9. The molecule has 15 heavy (non-hydrogen) atoms. The molecule has 82 valence electrons. The summed E-state index contributed by atoms with van der Waals surface area (Å²) in [6.07, 6.45) is 0. The first-order chi connectivity index (χ1) is 7.00. The molecule has 0 saturated carbocycles. The highest BCUT2D eigenvalue weighted by atomic mass is 127. The van der Waals surface area contributed by atoms with Crippen molar-refractivity contribution in [2.45, 2.75) is 13.8 Å². The fourth-order valence-corrected chi connectivity index (χ4v) is 1.51. The number of hydrogen-bond donors (Lipinski definition) is 1. The second-order valence-electron chi connectivity index (χ2n) is 3.65. The van der Waals surface area contributed by atoms with Crippen molar-refractivity contribution in [1.82, 2.24) is 0 Å². The van der Waals surface area contributed by atoms with E-state index in [4.69, 9.17) is 9.84 Å². The molecule has 0 bridgehead atoms. The van der Waals surface area contributed by atoms with Crippen LogP contribution in [-0.2, 0) is 0 Å². The number of carboxylic acid groups (broad SMARTS) is 1. The van der Waals surface area contributed by atoms with Gasteiger partial charge in [-0.25, -0.2) is 4.79 Å². The van der Waals surface area contributed by atoms with E-state index in [1.165, 1.54) is 0 Å². The molecule has 0 heterocycles. The fraction of sp³-hybridized carbons (Fsp3) is 0.364. The van der Waals surface area contributed by atoms with Gasteiger partial charge in [-0.15, -0.1) is 0 Å². The second kappa shape index (κ2) is 5.34. The Morgan fingerprint density at radius 2 is 2.20 bits per heavy atom. The molecule has 1 aromatic rings. The van der Waals surface area contributed by atoms with Gasteiger partial charge in [-0.2, -0.15) is 0 Å². The monoisotopic (exact) mass is 320 g/mol. The van der Waals surface area contributed by atoms with Crippen LogP contribution in [0.1, 0.15) is 24.2 Å². The zero-order valence-electron chi connectivity index (χ0n) is 8.66. The molecule has 1 aromatic carbocycles. The Kier molecular flexibility index (Phi) is 4.38. The fourth-order valence-electron chi connectivity index (χ4n) is 1.05. The van der Waals surface area contributed by atoms with Crippen LogP contribution in [0.15, 0.2) is 18.2 Å². The topological polar surface area (TPSA) is 46.5 Å². The first kappa shape index (κ1) is 12.3. The van der Waals surface area contributed by atoms with Crippen LogP contribution in [0.25, 0.3) is 0 Å². The Bertz CT molecular complexity index is 361. The molecule has 0 aliphatic heterocycles. The average Bonchev–Trinajstić information content (AvgIpc) is 2.14. The third kappa shape index (κ3) is 3.70. The van der Waals surface area contributed by atoms with Crippen LogP contribution in [-0.4, -0.2) is 17.7 Å². The van der Waals surface area contributed by atoms with Gasteiger partial charge in [0.25, 0.3) is 0 Å². The van der Waals surface area contributed by atoms with E-state index >= 15 is 0 Å². The van der Waals surface area contributed by atoms with Crippen molar-refractivity contribution >= 4 is 28.6 Å². The molecule has 1 N–H and O–H groups in total. The third-order valence-corrected chi connectivity index (χ3v) is 2.42. The molecule has 4 heteroatoms. The Morgan fingerprint density at radius 3 is 2.73 bits per heavy atom. The number of rotatable bonds is 4. The molecular weight excluding hydrogens is 307 g/mol. The number of carboxylic acids is 1. The van der Waals surface area contributed by atoms with Crippen LogP contribution in [0.2, 0.25) is 0 Å². The van der Waals surface area contributed by atoms with Gasteiger partial charge in [-0.3, -0.25) is 0 Å². The summed E-state index contributed by atoms with van der Waals surface area (Å²) in [5.74, 6) is -0.127. The van der Waals surface area contributed by atoms with Crippen LogP contribution in [0, 0.1) is 9.49 Å². The van der Waals surface area contributed by atoms with Gasteiger partial charge in [0.2, 0.25) is 0 Å². The lowest BCUT2D eigenvalue weighted by molar-refractivity contribution is 0.0691. The van der Waals surface area contributed by atoms with E-state index in [0.29, 0.717) is 18.3 Å². The third-order valence-electron chi connectivity index (χ3n) is 1.75. The smallest absolute Gasteiger partial charge is 0.339 e. The number of carbonyl (C=O) groups is 1. The maximum Gasteiger partial charge on any atom is 0.339 e. The normalized spacial score (nSPS) is 10.4. The Morgan fingerprint density at radius 1 is 1.53 bits per heavy atom. The number of halogens is 1. The van der Waals surface area contributed by atoms with Crippen molar-refractivity contribution in [3.05, 3.63) is 27.3 Å². The number of hydrogen-bond acceptors (Lipinski definition) is 2. The summed E-state index contributed by atoms with van der Waals surface area (Å²) in [6, 6.07) is 5.07.